The second-order valence-electron chi connectivity index (χ2n) is 3.88. The van der Waals surface area contributed by atoms with Crippen LogP contribution in [-0.4, -0.2) is 12.9 Å². The number of carbonyl (C=O) groups excluding carboxylic acids is 1. The molecule has 3 nitrogen and oxygen atoms in total. The van der Waals surface area contributed by atoms with Gasteiger partial charge in [-0.25, -0.2) is 0 Å². The van der Waals surface area contributed by atoms with E-state index in [1.165, 1.54) is 6.08 Å². The van der Waals surface area contributed by atoms with Crippen LogP contribution in [0.25, 0.3) is 6.08 Å². The molecule has 0 unspecified atom stereocenters. The van der Waals surface area contributed by atoms with Crippen molar-refractivity contribution in [3.05, 3.63) is 59.6 Å². The van der Waals surface area contributed by atoms with Crippen LogP contribution in [0.1, 0.15) is 21.9 Å². The Hall–Kier alpha value is -2.29. The summed E-state index contributed by atoms with van der Waals surface area (Å²) in [7, 11) is 1.62. The molecule has 0 amide bonds. The van der Waals surface area contributed by atoms with E-state index in [2.05, 4.69) is 0 Å². The number of furan rings is 1. The Kier molecular flexibility index (Phi) is 3.63. The number of ketones is 1. The molecule has 3 heteroatoms. The van der Waals surface area contributed by atoms with Gasteiger partial charge in [0.2, 0.25) is 5.78 Å². The zero-order chi connectivity index (χ0) is 13.0. The summed E-state index contributed by atoms with van der Waals surface area (Å²) in [6.45, 7) is 1.81. The maximum absolute atomic E-state index is 11.7. The van der Waals surface area contributed by atoms with Crippen LogP contribution < -0.4 is 4.74 Å². The lowest BCUT2D eigenvalue weighted by Crippen LogP contribution is -1.90. The summed E-state index contributed by atoms with van der Waals surface area (Å²) in [4.78, 5) is 11.7. The van der Waals surface area contributed by atoms with Crippen molar-refractivity contribution < 1.29 is 13.9 Å². The van der Waals surface area contributed by atoms with Gasteiger partial charge in [-0.1, -0.05) is 18.2 Å². The van der Waals surface area contributed by atoms with Crippen LogP contribution in [0, 0.1) is 6.92 Å². The molecule has 92 valence electrons. The molecule has 0 aliphatic heterocycles. The number of carbonyl (C=O) groups is 1. The maximum atomic E-state index is 11.7. The normalized spacial score (nSPS) is 10.8. The van der Waals surface area contributed by atoms with E-state index in [1.807, 2.05) is 31.2 Å². The van der Waals surface area contributed by atoms with E-state index < -0.39 is 0 Å². The minimum absolute atomic E-state index is 0.140. The molecule has 1 heterocycles. The lowest BCUT2D eigenvalue weighted by molar-refractivity contribution is 0.102. The summed E-state index contributed by atoms with van der Waals surface area (Å²) < 4.78 is 10.3. The fourth-order valence-corrected chi connectivity index (χ4v) is 1.54. The van der Waals surface area contributed by atoms with E-state index in [1.54, 1.807) is 25.3 Å². The van der Waals surface area contributed by atoms with Crippen molar-refractivity contribution >= 4 is 11.9 Å². The van der Waals surface area contributed by atoms with Crippen molar-refractivity contribution in [2.45, 2.75) is 6.92 Å². The van der Waals surface area contributed by atoms with E-state index in [0.717, 1.165) is 17.1 Å². The Morgan fingerprint density at radius 3 is 2.44 bits per heavy atom. The zero-order valence-electron chi connectivity index (χ0n) is 10.3. The van der Waals surface area contributed by atoms with Gasteiger partial charge in [0.1, 0.15) is 11.5 Å². The first-order valence-electron chi connectivity index (χ1n) is 5.62. The lowest BCUT2D eigenvalue weighted by atomic mass is 10.2. The fourth-order valence-electron chi connectivity index (χ4n) is 1.54. The number of methoxy groups -OCH3 is 1. The summed E-state index contributed by atoms with van der Waals surface area (Å²) in [5.74, 6) is 1.74. The second kappa shape index (κ2) is 5.36. The maximum Gasteiger partial charge on any atom is 0.221 e. The molecular weight excluding hydrogens is 228 g/mol. The molecule has 0 saturated carbocycles. The van der Waals surface area contributed by atoms with Crippen molar-refractivity contribution in [3.8, 4) is 5.75 Å². The third-order valence-corrected chi connectivity index (χ3v) is 2.53. The van der Waals surface area contributed by atoms with Crippen LogP contribution in [0.4, 0.5) is 0 Å². The molecule has 0 saturated heterocycles. The third-order valence-electron chi connectivity index (χ3n) is 2.53. The van der Waals surface area contributed by atoms with Gasteiger partial charge < -0.3 is 9.15 Å². The van der Waals surface area contributed by atoms with Crippen LogP contribution in [0.15, 0.2) is 46.9 Å². The van der Waals surface area contributed by atoms with Gasteiger partial charge in [-0.15, -0.1) is 0 Å². The van der Waals surface area contributed by atoms with Crippen molar-refractivity contribution in [2.75, 3.05) is 7.11 Å². The van der Waals surface area contributed by atoms with Crippen molar-refractivity contribution in [1.82, 2.24) is 0 Å². The smallest absolute Gasteiger partial charge is 0.221 e. The predicted molar refractivity (Wildman–Crippen MR) is 69.8 cm³/mol. The third kappa shape index (κ3) is 2.88. The fraction of sp³-hybridized carbons (Fsp3) is 0.133. The summed E-state index contributed by atoms with van der Waals surface area (Å²) in [6, 6.07) is 10.9. The van der Waals surface area contributed by atoms with E-state index in [0.29, 0.717) is 5.76 Å². The Morgan fingerprint density at radius 2 is 1.89 bits per heavy atom. The molecule has 1 aromatic carbocycles. The number of rotatable bonds is 4. The number of benzene rings is 1. The Morgan fingerprint density at radius 1 is 1.17 bits per heavy atom. The van der Waals surface area contributed by atoms with Gasteiger partial charge in [0.25, 0.3) is 0 Å². The first-order chi connectivity index (χ1) is 8.69. The molecular formula is C15H14O3. The summed E-state index contributed by atoms with van der Waals surface area (Å²) in [5, 5.41) is 0. The van der Waals surface area contributed by atoms with Gasteiger partial charge >= 0.3 is 0 Å². The average Bonchev–Trinajstić information content (AvgIpc) is 2.83. The summed E-state index contributed by atoms with van der Waals surface area (Å²) in [5.41, 5.74) is 0.937. The Labute approximate surface area is 106 Å². The van der Waals surface area contributed by atoms with Crippen molar-refractivity contribution in [2.24, 2.45) is 0 Å². The van der Waals surface area contributed by atoms with Gasteiger partial charge in [-0.2, -0.15) is 0 Å². The topological polar surface area (TPSA) is 39.4 Å². The van der Waals surface area contributed by atoms with E-state index in [4.69, 9.17) is 9.15 Å². The van der Waals surface area contributed by atoms with Crippen molar-refractivity contribution in [1.29, 1.82) is 0 Å². The predicted octanol–water partition coefficient (Wildman–Crippen LogP) is 3.49. The highest BCUT2D eigenvalue weighted by Crippen LogP contribution is 2.13. The Bertz CT molecular complexity index is 562. The first kappa shape index (κ1) is 12.2. The molecule has 0 atom stereocenters. The number of ether oxygens (including phenoxy) is 1. The molecule has 0 N–H and O–H groups in total. The molecule has 0 radical (unpaired) electrons. The van der Waals surface area contributed by atoms with Crippen LogP contribution >= 0.6 is 0 Å². The van der Waals surface area contributed by atoms with Gasteiger partial charge in [-0.05, 0) is 42.8 Å². The van der Waals surface area contributed by atoms with Gasteiger partial charge in [-0.3, -0.25) is 4.79 Å². The zero-order valence-corrected chi connectivity index (χ0v) is 10.3. The quantitative estimate of drug-likeness (QED) is 0.608. The standard InChI is InChI=1S/C15H14O3/c1-11-3-10-15(18-11)14(16)9-6-12-4-7-13(17-2)8-5-12/h3-10H,1-2H3. The van der Waals surface area contributed by atoms with E-state index in [9.17, 15) is 4.79 Å². The second-order valence-corrected chi connectivity index (χ2v) is 3.88. The molecule has 0 aliphatic carbocycles. The van der Waals surface area contributed by atoms with Crippen LogP contribution in [0.3, 0.4) is 0 Å². The average molecular weight is 242 g/mol. The summed E-state index contributed by atoms with van der Waals surface area (Å²) >= 11 is 0. The molecule has 2 aromatic rings. The molecule has 0 aliphatic rings. The molecule has 0 spiro atoms. The summed E-state index contributed by atoms with van der Waals surface area (Å²) in [6.07, 6.45) is 3.25. The minimum atomic E-state index is -0.140. The van der Waals surface area contributed by atoms with Gasteiger partial charge in [0.05, 0.1) is 7.11 Å². The monoisotopic (exact) mass is 242 g/mol. The highest BCUT2D eigenvalue weighted by atomic mass is 16.5. The van der Waals surface area contributed by atoms with E-state index >= 15 is 0 Å². The number of hydrogen-bond acceptors (Lipinski definition) is 3. The van der Waals surface area contributed by atoms with Crippen molar-refractivity contribution in [3.63, 3.8) is 0 Å². The molecule has 0 bridgehead atoms. The first-order valence-corrected chi connectivity index (χ1v) is 5.62. The van der Waals surface area contributed by atoms with Crippen LogP contribution in [0.2, 0.25) is 0 Å². The van der Waals surface area contributed by atoms with Gasteiger partial charge in [0.15, 0.2) is 5.76 Å². The minimum Gasteiger partial charge on any atom is -0.497 e. The number of allylic oxidation sites excluding steroid dienone is 1. The van der Waals surface area contributed by atoms with Crippen LogP contribution in [-0.2, 0) is 0 Å². The molecule has 1 aromatic heterocycles. The SMILES string of the molecule is COc1ccc(C=CC(=O)c2ccc(C)o2)cc1. The highest BCUT2D eigenvalue weighted by Gasteiger charge is 2.05. The molecule has 0 fully saturated rings. The number of hydrogen-bond donors (Lipinski definition) is 0. The van der Waals surface area contributed by atoms with E-state index in [-0.39, 0.29) is 5.78 Å². The van der Waals surface area contributed by atoms with Crippen LogP contribution in [0.5, 0.6) is 5.75 Å². The van der Waals surface area contributed by atoms with Gasteiger partial charge in [0, 0.05) is 0 Å². The largest absolute Gasteiger partial charge is 0.497 e. The number of aryl methyl sites for hydroxylation is 1. The molecule has 18 heavy (non-hydrogen) atoms. The Balaban J connectivity index is 2.08. The molecule has 2 rings (SSSR count). The highest BCUT2D eigenvalue weighted by molar-refractivity contribution is 6.04. The lowest BCUT2D eigenvalue weighted by Gasteiger charge is -1.98.